The van der Waals surface area contributed by atoms with E-state index in [0.29, 0.717) is 19.1 Å². The first-order chi connectivity index (χ1) is 10.6. The third kappa shape index (κ3) is 3.01. The number of nitrogens with one attached hydrogen (secondary N) is 1. The van der Waals surface area contributed by atoms with E-state index in [1.165, 1.54) is 12.1 Å². The Balaban J connectivity index is 1.62. The van der Waals surface area contributed by atoms with Crippen molar-refractivity contribution in [2.45, 2.75) is 31.8 Å². The van der Waals surface area contributed by atoms with Crippen molar-refractivity contribution >= 4 is 5.91 Å². The van der Waals surface area contributed by atoms with E-state index in [1.807, 2.05) is 0 Å². The van der Waals surface area contributed by atoms with E-state index >= 15 is 0 Å². The van der Waals surface area contributed by atoms with E-state index in [-0.39, 0.29) is 23.4 Å². The van der Waals surface area contributed by atoms with Crippen molar-refractivity contribution in [2.75, 3.05) is 19.8 Å². The molecule has 1 aliphatic heterocycles. The molecule has 0 aromatic heterocycles. The molecule has 5 heteroatoms. The van der Waals surface area contributed by atoms with Crippen LogP contribution in [0.3, 0.4) is 0 Å². The van der Waals surface area contributed by atoms with E-state index in [4.69, 9.17) is 4.74 Å². The quantitative estimate of drug-likeness (QED) is 0.876. The second-order valence-electron chi connectivity index (χ2n) is 6.29. The SMILES string of the molecule is O=C(NCC(O)c1ccccc1F)C1(C2CC2)CCOCC1. The molecule has 1 aromatic carbocycles. The molecular formula is C17H22FNO3. The molecule has 0 bridgehead atoms. The smallest absolute Gasteiger partial charge is 0.226 e. The third-order valence-corrected chi connectivity index (χ3v) is 4.92. The fraction of sp³-hybridized carbons (Fsp3) is 0.588. The van der Waals surface area contributed by atoms with Crippen molar-refractivity contribution in [1.82, 2.24) is 5.32 Å². The fourth-order valence-corrected chi connectivity index (χ4v) is 3.41. The topological polar surface area (TPSA) is 58.6 Å². The lowest BCUT2D eigenvalue weighted by molar-refractivity contribution is -0.139. The van der Waals surface area contributed by atoms with Gasteiger partial charge < -0.3 is 15.2 Å². The van der Waals surface area contributed by atoms with Crippen molar-refractivity contribution in [3.8, 4) is 0 Å². The molecule has 120 valence electrons. The average Bonchev–Trinajstić information content (AvgIpc) is 3.38. The van der Waals surface area contributed by atoms with Gasteiger partial charge in [-0.05, 0) is 37.7 Å². The minimum atomic E-state index is -1.03. The fourth-order valence-electron chi connectivity index (χ4n) is 3.41. The molecule has 2 N–H and O–H groups in total. The molecule has 1 atom stereocenters. The van der Waals surface area contributed by atoms with Crippen LogP contribution in [0.15, 0.2) is 24.3 Å². The van der Waals surface area contributed by atoms with Crippen LogP contribution in [-0.2, 0) is 9.53 Å². The molecule has 1 amide bonds. The number of benzene rings is 1. The van der Waals surface area contributed by atoms with Gasteiger partial charge in [0.05, 0.1) is 11.5 Å². The van der Waals surface area contributed by atoms with Crippen molar-refractivity contribution < 1.29 is 19.0 Å². The van der Waals surface area contributed by atoms with Gasteiger partial charge in [-0.2, -0.15) is 0 Å². The lowest BCUT2D eigenvalue weighted by atomic mass is 9.74. The van der Waals surface area contributed by atoms with Gasteiger partial charge >= 0.3 is 0 Å². The second-order valence-corrected chi connectivity index (χ2v) is 6.29. The van der Waals surface area contributed by atoms with E-state index in [1.54, 1.807) is 12.1 Å². The van der Waals surface area contributed by atoms with Gasteiger partial charge in [0.2, 0.25) is 5.91 Å². The molecule has 1 aliphatic carbocycles. The summed E-state index contributed by atoms with van der Waals surface area (Å²) in [5, 5.41) is 12.9. The Morgan fingerprint density at radius 3 is 2.68 bits per heavy atom. The summed E-state index contributed by atoms with van der Waals surface area (Å²) >= 11 is 0. The first-order valence-corrected chi connectivity index (χ1v) is 7.92. The van der Waals surface area contributed by atoms with Crippen LogP contribution >= 0.6 is 0 Å². The summed E-state index contributed by atoms with van der Waals surface area (Å²) in [6.07, 6.45) is 2.62. The average molecular weight is 307 g/mol. The zero-order chi connectivity index (χ0) is 15.6. The van der Waals surface area contributed by atoms with Gasteiger partial charge in [0.15, 0.2) is 0 Å². The number of rotatable bonds is 5. The van der Waals surface area contributed by atoms with Crippen molar-refractivity contribution in [3.05, 3.63) is 35.6 Å². The predicted octanol–water partition coefficient (Wildman–Crippen LogP) is 2.18. The molecule has 2 fully saturated rings. The Labute approximate surface area is 129 Å². The summed E-state index contributed by atoms with van der Waals surface area (Å²) in [5.41, 5.74) is -0.136. The van der Waals surface area contributed by atoms with Crippen LogP contribution < -0.4 is 5.32 Å². The van der Waals surface area contributed by atoms with Gasteiger partial charge in [0.25, 0.3) is 0 Å². The number of amides is 1. The summed E-state index contributed by atoms with van der Waals surface area (Å²) < 4.78 is 19.0. The first kappa shape index (κ1) is 15.4. The predicted molar refractivity (Wildman–Crippen MR) is 79.6 cm³/mol. The molecule has 3 rings (SSSR count). The number of aliphatic hydroxyl groups is 1. The van der Waals surface area contributed by atoms with E-state index < -0.39 is 11.9 Å². The number of carbonyl (C=O) groups is 1. The summed E-state index contributed by atoms with van der Waals surface area (Å²) in [7, 11) is 0. The molecule has 1 aromatic rings. The second kappa shape index (κ2) is 6.34. The van der Waals surface area contributed by atoms with Crippen LogP contribution in [0.4, 0.5) is 4.39 Å². The zero-order valence-electron chi connectivity index (χ0n) is 12.6. The van der Waals surface area contributed by atoms with Crippen molar-refractivity contribution in [2.24, 2.45) is 11.3 Å². The molecule has 0 radical (unpaired) electrons. The summed E-state index contributed by atoms with van der Waals surface area (Å²) in [6, 6.07) is 6.10. The number of ether oxygens (including phenoxy) is 1. The van der Waals surface area contributed by atoms with Crippen LogP contribution in [0.25, 0.3) is 0 Å². The number of hydrogen-bond acceptors (Lipinski definition) is 3. The molecular weight excluding hydrogens is 285 g/mol. The van der Waals surface area contributed by atoms with Crippen molar-refractivity contribution in [3.63, 3.8) is 0 Å². The summed E-state index contributed by atoms with van der Waals surface area (Å²) in [6.45, 7) is 1.26. The van der Waals surface area contributed by atoms with Crippen LogP contribution in [0.1, 0.15) is 37.4 Å². The highest BCUT2D eigenvalue weighted by molar-refractivity contribution is 5.83. The third-order valence-electron chi connectivity index (χ3n) is 4.92. The number of hydrogen-bond donors (Lipinski definition) is 2. The Hall–Kier alpha value is -1.46. The molecule has 1 heterocycles. The number of halogens is 1. The monoisotopic (exact) mass is 307 g/mol. The van der Waals surface area contributed by atoms with Gasteiger partial charge in [-0.1, -0.05) is 18.2 Å². The van der Waals surface area contributed by atoms with Gasteiger partial charge in [-0.3, -0.25) is 4.79 Å². The Kier molecular flexibility index (Phi) is 4.45. The van der Waals surface area contributed by atoms with Crippen LogP contribution in [-0.4, -0.2) is 30.8 Å². The van der Waals surface area contributed by atoms with Gasteiger partial charge in [0.1, 0.15) is 5.82 Å². The Bertz CT molecular complexity index is 538. The minimum absolute atomic E-state index is 0.0197. The van der Waals surface area contributed by atoms with E-state index in [9.17, 15) is 14.3 Å². The molecule has 0 spiro atoms. The number of aliphatic hydroxyl groups excluding tert-OH is 1. The van der Waals surface area contributed by atoms with Crippen molar-refractivity contribution in [1.29, 1.82) is 0 Å². The van der Waals surface area contributed by atoms with E-state index in [2.05, 4.69) is 5.32 Å². The summed E-state index contributed by atoms with van der Waals surface area (Å²) in [4.78, 5) is 12.7. The lowest BCUT2D eigenvalue weighted by Crippen LogP contribution is -2.47. The summed E-state index contributed by atoms with van der Waals surface area (Å²) in [5.74, 6) is -0.0390. The number of carbonyl (C=O) groups excluding carboxylic acids is 1. The first-order valence-electron chi connectivity index (χ1n) is 7.92. The molecule has 4 nitrogen and oxygen atoms in total. The molecule has 1 saturated heterocycles. The van der Waals surface area contributed by atoms with Crippen LogP contribution in [0.5, 0.6) is 0 Å². The lowest BCUT2D eigenvalue weighted by Gasteiger charge is -2.36. The maximum absolute atomic E-state index is 13.6. The Morgan fingerprint density at radius 1 is 1.36 bits per heavy atom. The molecule has 1 saturated carbocycles. The molecule has 2 aliphatic rings. The molecule has 22 heavy (non-hydrogen) atoms. The maximum Gasteiger partial charge on any atom is 0.226 e. The standard InChI is InChI=1S/C17H22FNO3/c18-14-4-2-1-3-13(14)15(20)11-19-16(21)17(12-5-6-12)7-9-22-10-8-17/h1-4,12,15,20H,5-11H2,(H,19,21). The highest BCUT2D eigenvalue weighted by Crippen LogP contribution is 2.51. The van der Waals surface area contributed by atoms with Gasteiger partial charge in [-0.15, -0.1) is 0 Å². The highest BCUT2D eigenvalue weighted by Gasteiger charge is 2.51. The molecule has 1 unspecified atom stereocenters. The van der Waals surface area contributed by atoms with E-state index in [0.717, 1.165) is 25.7 Å². The highest BCUT2D eigenvalue weighted by atomic mass is 19.1. The maximum atomic E-state index is 13.6. The van der Waals surface area contributed by atoms with Crippen LogP contribution in [0.2, 0.25) is 0 Å². The van der Waals surface area contributed by atoms with Crippen LogP contribution in [0, 0.1) is 17.2 Å². The largest absolute Gasteiger partial charge is 0.386 e. The normalized spacial score (nSPS) is 22.1. The zero-order valence-corrected chi connectivity index (χ0v) is 12.6. The van der Waals surface area contributed by atoms with Gasteiger partial charge in [-0.25, -0.2) is 4.39 Å². The Morgan fingerprint density at radius 2 is 2.05 bits per heavy atom. The minimum Gasteiger partial charge on any atom is -0.386 e. The van der Waals surface area contributed by atoms with Gasteiger partial charge in [0, 0.05) is 25.3 Å².